The summed E-state index contributed by atoms with van der Waals surface area (Å²) in [5.74, 6) is -0.124. The molecule has 0 spiro atoms. The molecule has 1 heterocycles. The first kappa shape index (κ1) is 19.8. The third kappa shape index (κ3) is 3.85. The van der Waals surface area contributed by atoms with Crippen LogP contribution in [0.5, 0.6) is 0 Å². The molecule has 1 saturated heterocycles. The maximum atomic E-state index is 13.6. The maximum Gasteiger partial charge on any atom is 0.123 e. The van der Waals surface area contributed by atoms with Gasteiger partial charge in [0.25, 0.3) is 0 Å². The van der Waals surface area contributed by atoms with E-state index in [0.717, 1.165) is 16.7 Å². The third-order valence-electron chi connectivity index (χ3n) is 6.23. The molecule has 0 saturated carbocycles. The van der Waals surface area contributed by atoms with Gasteiger partial charge in [-0.05, 0) is 34.7 Å². The van der Waals surface area contributed by atoms with Crippen LogP contribution in [0.15, 0.2) is 84.9 Å². The molecular formula is C26H28FNO. The molecule has 29 heavy (non-hydrogen) atoms. The van der Waals surface area contributed by atoms with Crippen molar-refractivity contribution >= 4 is 0 Å². The molecule has 2 N–H and O–H groups in total. The lowest BCUT2D eigenvalue weighted by Crippen LogP contribution is -2.53. The van der Waals surface area contributed by atoms with E-state index in [9.17, 15) is 9.50 Å². The standard InChI is InChI=1S/C26H28FNO/c1-18(2)24-25(20-11-7-4-8-12-20)28-23(19-9-5-3-6-10-19)17-26(24,29)21-13-15-22(27)16-14-21/h3-16,18,23-25,28-29H,17H2,1-2H3/t23-,24-,25+,26-/m1/s1. The summed E-state index contributed by atoms with van der Waals surface area (Å²) in [7, 11) is 0. The summed E-state index contributed by atoms with van der Waals surface area (Å²) in [4.78, 5) is 0. The van der Waals surface area contributed by atoms with Gasteiger partial charge in [-0.25, -0.2) is 4.39 Å². The van der Waals surface area contributed by atoms with Gasteiger partial charge in [-0.2, -0.15) is 0 Å². The van der Waals surface area contributed by atoms with Gasteiger partial charge < -0.3 is 10.4 Å². The van der Waals surface area contributed by atoms with E-state index in [2.05, 4.69) is 43.4 Å². The summed E-state index contributed by atoms with van der Waals surface area (Å²) < 4.78 is 13.6. The molecule has 4 atom stereocenters. The lowest BCUT2D eigenvalue weighted by atomic mass is 9.64. The number of nitrogens with one attached hydrogen (secondary N) is 1. The Bertz CT molecular complexity index is 926. The number of hydrogen-bond donors (Lipinski definition) is 2. The van der Waals surface area contributed by atoms with Crippen LogP contribution in [0.4, 0.5) is 4.39 Å². The van der Waals surface area contributed by atoms with Gasteiger partial charge in [0.15, 0.2) is 0 Å². The van der Waals surface area contributed by atoms with Gasteiger partial charge in [0, 0.05) is 24.4 Å². The van der Waals surface area contributed by atoms with E-state index in [0.29, 0.717) is 6.42 Å². The minimum absolute atomic E-state index is 0.00791. The van der Waals surface area contributed by atoms with Crippen LogP contribution in [0, 0.1) is 17.7 Å². The summed E-state index contributed by atoms with van der Waals surface area (Å²) in [6.45, 7) is 4.30. The Morgan fingerprint density at radius 1 is 0.862 bits per heavy atom. The number of halogens is 1. The highest BCUT2D eigenvalue weighted by molar-refractivity contribution is 5.32. The second kappa shape index (κ2) is 8.10. The number of piperidine rings is 1. The van der Waals surface area contributed by atoms with Gasteiger partial charge in [-0.15, -0.1) is 0 Å². The number of benzene rings is 3. The second-order valence-corrected chi connectivity index (χ2v) is 8.42. The van der Waals surface area contributed by atoms with Crippen molar-refractivity contribution in [2.45, 2.75) is 38.0 Å². The molecular weight excluding hydrogens is 361 g/mol. The van der Waals surface area contributed by atoms with E-state index in [1.165, 1.54) is 12.1 Å². The van der Waals surface area contributed by atoms with Crippen molar-refractivity contribution in [1.29, 1.82) is 0 Å². The maximum absolute atomic E-state index is 13.6. The largest absolute Gasteiger partial charge is 0.385 e. The van der Waals surface area contributed by atoms with Crippen molar-refractivity contribution in [2.75, 3.05) is 0 Å². The van der Waals surface area contributed by atoms with Crippen LogP contribution in [-0.2, 0) is 5.60 Å². The Kier molecular flexibility index (Phi) is 5.53. The molecule has 1 aliphatic rings. The SMILES string of the molecule is CC(C)[C@@H]1[C@H](c2ccccc2)N[C@@H](c2ccccc2)C[C@@]1(O)c1ccc(F)cc1. The van der Waals surface area contributed by atoms with Crippen molar-refractivity contribution in [3.8, 4) is 0 Å². The molecule has 4 rings (SSSR count). The zero-order valence-electron chi connectivity index (χ0n) is 16.9. The molecule has 3 heteroatoms. The summed E-state index contributed by atoms with van der Waals surface area (Å²) in [6, 6.07) is 26.9. The van der Waals surface area contributed by atoms with Crippen molar-refractivity contribution in [3.63, 3.8) is 0 Å². The Balaban J connectivity index is 1.84. The topological polar surface area (TPSA) is 32.3 Å². The molecule has 0 radical (unpaired) electrons. The minimum atomic E-state index is -1.08. The lowest BCUT2D eigenvalue weighted by molar-refractivity contribution is -0.0992. The van der Waals surface area contributed by atoms with Crippen molar-refractivity contribution < 1.29 is 9.50 Å². The van der Waals surface area contributed by atoms with Crippen LogP contribution >= 0.6 is 0 Å². The summed E-state index contributed by atoms with van der Waals surface area (Å²) >= 11 is 0. The van der Waals surface area contributed by atoms with Gasteiger partial charge in [0.2, 0.25) is 0 Å². The Hall–Kier alpha value is -2.49. The summed E-state index contributed by atoms with van der Waals surface area (Å²) in [6.07, 6.45) is 0.537. The van der Waals surface area contributed by atoms with Gasteiger partial charge in [0.1, 0.15) is 5.82 Å². The van der Waals surface area contributed by atoms with E-state index in [1.807, 2.05) is 36.4 Å². The normalized spacial score (nSPS) is 27.1. The fourth-order valence-electron chi connectivity index (χ4n) is 4.95. The molecule has 3 aromatic rings. The van der Waals surface area contributed by atoms with Crippen LogP contribution in [0.25, 0.3) is 0 Å². The average molecular weight is 390 g/mol. The van der Waals surface area contributed by atoms with Crippen LogP contribution in [0.3, 0.4) is 0 Å². The van der Waals surface area contributed by atoms with Crippen molar-refractivity contribution in [3.05, 3.63) is 107 Å². The summed E-state index contributed by atoms with van der Waals surface area (Å²) in [5, 5.41) is 16.0. The van der Waals surface area contributed by atoms with E-state index < -0.39 is 5.60 Å². The van der Waals surface area contributed by atoms with Gasteiger partial charge in [-0.1, -0.05) is 86.6 Å². The van der Waals surface area contributed by atoms with E-state index in [1.54, 1.807) is 12.1 Å². The van der Waals surface area contributed by atoms with Crippen LogP contribution in [0.2, 0.25) is 0 Å². The second-order valence-electron chi connectivity index (χ2n) is 8.42. The quantitative estimate of drug-likeness (QED) is 0.594. The van der Waals surface area contributed by atoms with E-state index in [-0.39, 0.29) is 29.7 Å². The smallest absolute Gasteiger partial charge is 0.123 e. The monoisotopic (exact) mass is 389 g/mol. The molecule has 0 aromatic heterocycles. The first-order valence-electron chi connectivity index (χ1n) is 10.3. The van der Waals surface area contributed by atoms with Crippen LogP contribution in [0.1, 0.15) is 49.0 Å². The predicted molar refractivity (Wildman–Crippen MR) is 115 cm³/mol. The highest BCUT2D eigenvalue weighted by Crippen LogP contribution is 2.51. The molecule has 0 aliphatic carbocycles. The Labute approximate surface area is 172 Å². The molecule has 0 amide bonds. The van der Waals surface area contributed by atoms with E-state index in [4.69, 9.17) is 0 Å². The van der Waals surface area contributed by atoms with Crippen molar-refractivity contribution in [1.82, 2.24) is 5.32 Å². The third-order valence-corrected chi connectivity index (χ3v) is 6.23. The molecule has 0 bridgehead atoms. The number of hydrogen-bond acceptors (Lipinski definition) is 2. The molecule has 3 aromatic carbocycles. The predicted octanol–water partition coefficient (Wildman–Crippen LogP) is 5.76. The average Bonchev–Trinajstić information content (AvgIpc) is 2.74. The Morgan fingerprint density at radius 2 is 1.41 bits per heavy atom. The fourth-order valence-corrected chi connectivity index (χ4v) is 4.95. The lowest BCUT2D eigenvalue weighted by Gasteiger charge is -2.51. The van der Waals surface area contributed by atoms with Gasteiger partial charge in [-0.3, -0.25) is 0 Å². The molecule has 150 valence electrons. The highest BCUT2D eigenvalue weighted by Gasteiger charge is 2.50. The summed E-state index contributed by atoms with van der Waals surface area (Å²) in [5.41, 5.74) is 2.01. The molecule has 1 fully saturated rings. The Morgan fingerprint density at radius 3 is 1.97 bits per heavy atom. The molecule has 2 nitrogen and oxygen atoms in total. The fraction of sp³-hybridized carbons (Fsp3) is 0.308. The first-order valence-corrected chi connectivity index (χ1v) is 10.3. The molecule has 1 aliphatic heterocycles. The van der Waals surface area contributed by atoms with E-state index >= 15 is 0 Å². The van der Waals surface area contributed by atoms with Crippen LogP contribution < -0.4 is 5.32 Å². The van der Waals surface area contributed by atoms with Gasteiger partial charge >= 0.3 is 0 Å². The number of aliphatic hydroxyl groups is 1. The zero-order chi connectivity index (χ0) is 20.4. The first-order chi connectivity index (χ1) is 14.0. The van der Waals surface area contributed by atoms with Crippen LogP contribution in [-0.4, -0.2) is 5.11 Å². The van der Waals surface area contributed by atoms with Crippen molar-refractivity contribution in [2.24, 2.45) is 11.8 Å². The molecule has 0 unspecified atom stereocenters. The highest BCUT2D eigenvalue weighted by atomic mass is 19.1. The number of rotatable bonds is 4. The van der Waals surface area contributed by atoms with Gasteiger partial charge in [0.05, 0.1) is 5.60 Å². The zero-order valence-corrected chi connectivity index (χ0v) is 16.9. The minimum Gasteiger partial charge on any atom is -0.385 e.